The number of aliphatic hydroxyl groups is 1. The van der Waals surface area contributed by atoms with Gasteiger partial charge in [0, 0.05) is 38.8 Å². The lowest BCUT2D eigenvalue weighted by molar-refractivity contribution is -0.118. The van der Waals surface area contributed by atoms with Gasteiger partial charge in [0.1, 0.15) is 17.4 Å². The number of rotatable bonds is 3. The van der Waals surface area contributed by atoms with E-state index in [1.165, 1.54) is 23.5 Å². The number of Topliss-reactive ketones (excluding diaryl/α,β-unsaturated/α-hetero) is 1. The van der Waals surface area contributed by atoms with Crippen molar-refractivity contribution in [3.8, 4) is 0 Å². The third-order valence-electron chi connectivity index (χ3n) is 6.51. The van der Waals surface area contributed by atoms with Gasteiger partial charge in [0.2, 0.25) is 0 Å². The molecule has 3 aromatic rings. The van der Waals surface area contributed by atoms with Crippen molar-refractivity contribution in [3.63, 3.8) is 0 Å². The van der Waals surface area contributed by atoms with Gasteiger partial charge in [-0.05, 0) is 71.8 Å². The molecule has 0 bridgehead atoms. The first-order chi connectivity index (χ1) is 16.7. The number of ketones is 1. The SMILES string of the molecule is CC1(C)CC(=O)C2=C(C1)N(c1ccc(F)cc1)C(=N)/C(=C(/O)c1ccc(Cl)cc1)C2c1cccs1. The first-order valence-corrected chi connectivity index (χ1v) is 12.6. The number of carbonyl (C=O) groups is 1. The normalized spacial score (nSPS) is 21.3. The minimum Gasteiger partial charge on any atom is -0.507 e. The summed E-state index contributed by atoms with van der Waals surface area (Å²) in [4.78, 5) is 16.3. The standard InChI is InChI=1S/C28H24ClFN2O2S/c1-28(2)14-20-23(21(33)15-28)24(22-4-3-13-35-22)25(26(34)16-5-7-17(29)8-6-16)27(31)32(20)19-11-9-18(30)10-12-19/h3-13,24,31,34H,14-15H2,1-2H3/b26-25+,31-27?. The number of nitrogens with one attached hydrogen (secondary N) is 1. The monoisotopic (exact) mass is 506 g/mol. The minimum absolute atomic E-state index is 0.00401. The third kappa shape index (κ3) is 4.21. The fraction of sp³-hybridized carbons (Fsp3) is 0.214. The van der Waals surface area contributed by atoms with Gasteiger partial charge in [-0.3, -0.25) is 15.1 Å². The fourth-order valence-electron chi connectivity index (χ4n) is 4.99. The van der Waals surface area contributed by atoms with Crippen molar-refractivity contribution in [1.82, 2.24) is 0 Å². The number of thiophene rings is 1. The van der Waals surface area contributed by atoms with Crippen LogP contribution in [0.2, 0.25) is 5.02 Å². The summed E-state index contributed by atoms with van der Waals surface area (Å²) in [6.45, 7) is 4.08. The van der Waals surface area contributed by atoms with E-state index in [2.05, 4.69) is 0 Å². The molecule has 1 atom stereocenters. The summed E-state index contributed by atoms with van der Waals surface area (Å²) in [5.74, 6) is -0.986. The van der Waals surface area contributed by atoms with Crippen molar-refractivity contribution >= 4 is 46.0 Å². The van der Waals surface area contributed by atoms with Crippen LogP contribution in [0.4, 0.5) is 10.1 Å². The summed E-state index contributed by atoms with van der Waals surface area (Å²) in [6, 6.07) is 16.5. The molecule has 0 radical (unpaired) electrons. The summed E-state index contributed by atoms with van der Waals surface area (Å²) < 4.78 is 13.8. The topological polar surface area (TPSA) is 64.4 Å². The van der Waals surface area contributed by atoms with Crippen molar-refractivity contribution in [2.75, 3.05) is 4.90 Å². The zero-order valence-electron chi connectivity index (χ0n) is 19.3. The maximum absolute atomic E-state index is 13.8. The van der Waals surface area contributed by atoms with Crippen LogP contribution in [0.5, 0.6) is 0 Å². The van der Waals surface area contributed by atoms with Gasteiger partial charge in [0.25, 0.3) is 0 Å². The van der Waals surface area contributed by atoms with Crippen LogP contribution in [0, 0.1) is 16.6 Å². The molecule has 4 nitrogen and oxygen atoms in total. The van der Waals surface area contributed by atoms with Crippen molar-refractivity contribution < 1.29 is 14.3 Å². The molecular formula is C28H24ClFN2O2S. The molecule has 2 heterocycles. The Kier molecular flexibility index (Phi) is 5.90. The summed E-state index contributed by atoms with van der Waals surface area (Å²) >= 11 is 7.55. The van der Waals surface area contributed by atoms with Gasteiger partial charge in [0.05, 0.1) is 11.5 Å². The second-order valence-electron chi connectivity index (χ2n) is 9.68. The van der Waals surface area contributed by atoms with E-state index in [1.807, 2.05) is 31.4 Å². The Morgan fingerprint density at radius 3 is 2.43 bits per heavy atom. The molecule has 35 heavy (non-hydrogen) atoms. The molecule has 1 unspecified atom stereocenters. The van der Waals surface area contributed by atoms with Gasteiger partial charge in [-0.2, -0.15) is 0 Å². The molecule has 0 fully saturated rings. The minimum atomic E-state index is -0.575. The van der Waals surface area contributed by atoms with Gasteiger partial charge < -0.3 is 5.11 Å². The van der Waals surface area contributed by atoms with Crippen LogP contribution >= 0.6 is 22.9 Å². The van der Waals surface area contributed by atoms with Crippen LogP contribution in [0.1, 0.15) is 43.0 Å². The summed E-state index contributed by atoms with van der Waals surface area (Å²) in [6.07, 6.45) is 0.942. The lowest BCUT2D eigenvalue weighted by Gasteiger charge is -2.45. The highest BCUT2D eigenvalue weighted by Gasteiger charge is 2.47. The van der Waals surface area contributed by atoms with E-state index in [0.29, 0.717) is 40.3 Å². The Morgan fingerprint density at radius 2 is 1.80 bits per heavy atom. The molecular weight excluding hydrogens is 483 g/mol. The second-order valence-corrected chi connectivity index (χ2v) is 11.1. The number of anilines is 1. The summed E-state index contributed by atoms with van der Waals surface area (Å²) in [5.41, 5.74) is 2.43. The van der Waals surface area contributed by atoms with Crippen molar-refractivity contribution in [1.29, 1.82) is 5.41 Å². The zero-order chi connectivity index (χ0) is 24.9. The Bertz CT molecular complexity index is 1370. The number of nitrogens with zero attached hydrogens (tertiary/aromatic N) is 1. The van der Waals surface area contributed by atoms with Crippen LogP contribution in [0.15, 0.2) is 82.9 Å². The smallest absolute Gasteiger partial charge is 0.162 e. The molecule has 1 aromatic heterocycles. The number of carbonyl (C=O) groups excluding carboxylic acids is 1. The van der Waals surface area contributed by atoms with Gasteiger partial charge in [-0.25, -0.2) is 4.39 Å². The van der Waals surface area contributed by atoms with Crippen LogP contribution < -0.4 is 4.90 Å². The molecule has 178 valence electrons. The van der Waals surface area contributed by atoms with Gasteiger partial charge >= 0.3 is 0 Å². The van der Waals surface area contributed by atoms with E-state index >= 15 is 0 Å². The highest BCUT2D eigenvalue weighted by Crippen LogP contribution is 2.51. The number of allylic oxidation sites excluding steroid dienone is 2. The van der Waals surface area contributed by atoms with E-state index in [9.17, 15) is 19.7 Å². The first-order valence-electron chi connectivity index (χ1n) is 11.3. The van der Waals surface area contributed by atoms with Crippen LogP contribution in [-0.2, 0) is 4.79 Å². The van der Waals surface area contributed by atoms with Gasteiger partial charge in [-0.15, -0.1) is 11.3 Å². The highest BCUT2D eigenvalue weighted by molar-refractivity contribution is 7.10. The van der Waals surface area contributed by atoms with Crippen LogP contribution in [-0.4, -0.2) is 16.7 Å². The molecule has 0 saturated carbocycles. The molecule has 2 N–H and O–H groups in total. The molecule has 5 rings (SSSR count). The predicted molar refractivity (Wildman–Crippen MR) is 140 cm³/mol. The molecule has 2 aromatic carbocycles. The number of benzene rings is 2. The largest absolute Gasteiger partial charge is 0.507 e. The third-order valence-corrected chi connectivity index (χ3v) is 7.70. The maximum Gasteiger partial charge on any atom is 0.162 e. The number of amidine groups is 1. The number of hydrogen-bond donors (Lipinski definition) is 2. The number of hydrogen-bond acceptors (Lipinski definition) is 4. The van der Waals surface area contributed by atoms with Crippen molar-refractivity contribution in [2.45, 2.75) is 32.6 Å². The second kappa shape index (κ2) is 8.77. The molecule has 0 saturated heterocycles. The van der Waals surface area contributed by atoms with E-state index in [1.54, 1.807) is 41.3 Å². The molecule has 7 heteroatoms. The lowest BCUT2D eigenvalue weighted by atomic mass is 9.68. The highest BCUT2D eigenvalue weighted by atomic mass is 35.5. The fourth-order valence-corrected chi connectivity index (χ4v) is 5.96. The first kappa shape index (κ1) is 23.5. The average Bonchev–Trinajstić information content (AvgIpc) is 3.33. The van der Waals surface area contributed by atoms with Gasteiger partial charge in [-0.1, -0.05) is 31.5 Å². The number of halogens is 2. The average molecular weight is 507 g/mol. The van der Waals surface area contributed by atoms with E-state index in [0.717, 1.165) is 10.6 Å². The van der Waals surface area contributed by atoms with E-state index < -0.39 is 5.92 Å². The van der Waals surface area contributed by atoms with Crippen LogP contribution in [0.3, 0.4) is 0 Å². The number of aliphatic hydroxyl groups excluding tert-OH is 1. The molecule has 0 spiro atoms. The van der Waals surface area contributed by atoms with Crippen molar-refractivity contribution in [2.24, 2.45) is 5.41 Å². The van der Waals surface area contributed by atoms with Crippen molar-refractivity contribution in [3.05, 3.63) is 104 Å². The van der Waals surface area contributed by atoms with E-state index in [4.69, 9.17) is 11.6 Å². The lowest BCUT2D eigenvalue weighted by Crippen LogP contribution is -2.45. The quantitative estimate of drug-likeness (QED) is 0.357. The summed E-state index contributed by atoms with van der Waals surface area (Å²) in [7, 11) is 0. The Balaban J connectivity index is 1.82. The maximum atomic E-state index is 13.8. The molecule has 1 aliphatic heterocycles. The Morgan fingerprint density at radius 1 is 1.11 bits per heavy atom. The predicted octanol–water partition coefficient (Wildman–Crippen LogP) is 7.73. The van der Waals surface area contributed by atoms with E-state index in [-0.39, 0.29) is 28.6 Å². The molecule has 1 aliphatic carbocycles. The Labute approximate surface area is 212 Å². The van der Waals surface area contributed by atoms with Gasteiger partial charge in [0.15, 0.2) is 5.78 Å². The summed E-state index contributed by atoms with van der Waals surface area (Å²) in [5, 5.41) is 23.3. The molecule has 0 amide bonds. The molecule has 2 aliphatic rings. The van der Waals surface area contributed by atoms with Crippen LogP contribution in [0.25, 0.3) is 5.76 Å². The zero-order valence-corrected chi connectivity index (χ0v) is 20.9. The Hall–Kier alpha value is -3.22.